The van der Waals surface area contributed by atoms with Crippen molar-refractivity contribution in [3.63, 3.8) is 0 Å². The molecule has 5 nitrogen and oxygen atoms in total. The van der Waals surface area contributed by atoms with E-state index in [-0.39, 0.29) is 6.04 Å². The molecule has 0 aromatic heterocycles. The highest BCUT2D eigenvalue weighted by Crippen LogP contribution is 2.20. The van der Waals surface area contributed by atoms with E-state index in [1.807, 2.05) is 13.8 Å². The molecule has 0 radical (unpaired) electrons. The van der Waals surface area contributed by atoms with Crippen molar-refractivity contribution < 1.29 is 9.53 Å². The number of hydrogen-bond acceptors (Lipinski definition) is 4. The third kappa shape index (κ3) is 3.96. The van der Waals surface area contributed by atoms with Crippen molar-refractivity contribution in [3.8, 4) is 0 Å². The molecule has 0 spiro atoms. The van der Waals surface area contributed by atoms with Gasteiger partial charge >= 0.3 is 0 Å². The highest BCUT2D eigenvalue weighted by Gasteiger charge is 2.08. The molecule has 1 atom stereocenters. The Hall–Kier alpha value is -1.75. The Morgan fingerprint density at radius 3 is 2.82 bits per heavy atom. The summed E-state index contributed by atoms with van der Waals surface area (Å²) in [5.74, 6) is -0.467. The third-order valence-corrected chi connectivity index (χ3v) is 2.31. The maximum Gasteiger partial charge on any atom is 0.248 e. The van der Waals surface area contributed by atoms with Crippen LogP contribution in [0.15, 0.2) is 18.2 Å². The number of carbonyl (C=O) groups is 1. The SMILES string of the molecule is CCOCC(C)Nc1cc(C(N)=O)ccc1N. The quantitative estimate of drug-likeness (QED) is 0.648. The fourth-order valence-electron chi connectivity index (χ4n) is 1.44. The number of nitrogen functional groups attached to an aromatic ring is 1. The number of benzene rings is 1. The van der Waals surface area contributed by atoms with Gasteiger partial charge < -0.3 is 21.5 Å². The van der Waals surface area contributed by atoms with Gasteiger partial charge in [0.2, 0.25) is 5.91 Å². The van der Waals surface area contributed by atoms with Gasteiger partial charge in [-0.3, -0.25) is 4.79 Å². The standard InChI is InChI=1S/C12H19N3O2/c1-3-17-7-8(2)15-11-6-9(12(14)16)4-5-10(11)13/h4-6,8,15H,3,7,13H2,1-2H3,(H2,14,16). The van der Waals surface area contributed by atoms with Gasteiger partial charge in [-0.15, -0.1) is 0 Å². The van der Waals surface area contributed by atoms with Gasteiger partial charge in [0.05, 0.1) is 18.0 Å². The van der Waals surface area contributed by atoms with Crippen LogP contribution < -0.4 is 16.8 Å². The van der Waals surface area contributed by atoms with E-state index in [4.69, 9.17) is 16.2 Å². The predicted molar refractivity (Wildman–Crippen MR) is 69.0 cm³/mol. The summed E-state index contributed by atoms with van der Waals surface area (Å²) in [6, 6.07) is 5.03. The molecule has 0 aliphatic heterocycles. The van der Waals surface area contributed by atoms with E-state index >= 15 is 0 Å². The molecule has 0 aliphatic carbocycles. The minimum absolute atomic E-state index is 0.111. The van der Waals surface area contributed by atoms with E-state index in [2.05, 4.69) is 5.32 Å². The monoisotopic (exact) mass is 237 g/mol. The van der Waals surface area contributed by atoms with Crippen LogP contribution in [-0.4, -0.2) is 25.2 Å². The summed E-state index contributed by atoms with van der Waals surface area (Å²) in [4.78, 5) is 11.1. The molecule has 0 saturated heterocycles. The lowest BCUT2D eigenvalue weighted by molar-refractivity contribution is 0.100. The molecular formula is C12H19N3O2. The summed E-state index contributed by atoms with van der Waals surface area (Å²) in [6.07, 6.45) is 0. The molecule has 1 aromatic rings. The Kier molecular flexibility index (Phi) is 4.78. The molecule has 0 bridgehead atoms. The molecule has 1 amide bonds. The van der Waals surface area contributed by atoms with Gasteiger partial charge in [0.25, 0.3) is 0 Å². The summed E-state index contributed by atoms with van der Waals surface area (Å²) >= 11 is 0. The number of anilines is 2. The zero-order valence-corrected chi connectivity index (χ0v) is 10.2. The average molecular weight is 237 g/mol. The Bertz CT molecular complexity index is 393. The normalized spacial score (nSPS) is 12.1. The van der Waals surface area contributed by atoms with Crippen LogP contribution in [0.3, 0.4) is 0 Å². The molecule has 5 heteroatoms. The van der Waals surface area contributed by atoms with Crippen molar-refractivity contribution in [2.45, 2.75) is 19.9 Å². The molecular weight excluding hydrogens is 218 g/mol. The van der Waals surface area contributed by atoms with Gasteiger partial charge in [0.1, 0.15) is 0 Å². The van der Waals surface area contributed by atoms with Crippen LogP contribution in [0.1, 0.15) is 24.2 Å². The van der Waals surface area contributed by atoms with Crippen molar-refractivity contribution in [1.29, 1.82) is 0 Å². The second-order valence-corrected chi connectivity index (χ2v) is 3.87. The van der Waals surface area contributed by atoms with Gasteiger partial charge in [-0.05, 0) is 32.0 Å². The summed E-state index contributed by atoms with van der Waals surface area (Å²) in [7, 11) is 0. The Morgan fingerprint density at radius 1 is 1.53 bits per heavy atom. The number of hydrogen-bond donors (Lipinski definition) is 3. The molecule has 1 aromatic carbocycles. The summed E-state index contributed by atoms with van der Waals surface area (Å²) in [5, 5.41) is 3.18. The number of rotatable bonds is 6. The highest BCUT2D eigenvalue weighted by atomic mass is 16.5. The van der Waals surface area contributed by atoms with E-state index < -0.39 is 5.91 Å². The number of nitrogens with two attached hydrogens (primary N) is 2. The lowest BCUT2D eigenvalue weighted by Gasteiger charge is -2.17. The molecule has 0 fully saturated rings. The lowest BCUT2D eigenvalue weighted by atomic mass is 10.1. The molecule has 94 valence electrons. The fraction of sp³-hybridized carbons (Fsp3) is 0.417. The van der Waals surface area contributed by atoms with Gasteiger partial charge in [0, 0.05) is 18.2 Å². The van der Waals surface area contributed by atoms with E-state index in [1.54, 1.807) is 18.2 Å². The van der Waals surface area contributed by atoms with E-state index in [9.17, 15) is 4.79 Å². The van der Waals surface area contributed by atoms with Crippen molar-refractivity contribution >= 4 is 17.3 Å². The lowest BCUT2D eigenvalue weighted by Crippen LogP contribution is -2.22. The molecule has 5 N–H and O–H groups in total. The first kappa shape index (κ1) is 13.3. The Morgan fingerprint density at radius 2 is 2.24 bits per heavy atom. The highest BCUT2D eigenvalue weighted by molar-refractivity contribution is 5.94. The molecule has 0 aliphatic rings. The zero-order valence-electron chi connectivity index (χ0n) is 10.2. The van der Waals surface area contributed by atoms with Crippen LogP contribution in [-0.2, 0) is 4.74 Å². The van der Waals surface area contributed by atoms with Crippen molar-refractivity contribution in [2.24, 2.45) is 5.73 Å². The van der Waals surface area contributed by atoms with Crippen LogP contribution in [0.4, 0.5) is 11.4 Å². The largest absolute Gasteiger partial charge is 0.397 e. The fourth-order valence-corrected chi connectivity index (χ4v) is 1.44. The average Bonchev–Trinajstić information content (AvgIpc) is 2.29. The van der Waals surface area contributed by atoms with Crippen LogP contribution in [0.2, 0.25) is 0 Å². The molecule has 1 rings (SSSR count). The van der Waals surface area contributed by atoms with E-state index in [1.165, 1.54) is 0 Å². The number of ether oxygens (including phenoxy) is 1. The number of primary amides is 1. The number of carbonyl (C=O) groups excluding carboxylic acids is 1. The van der Waals surface area contributed by atoms with Crippen LogP contribution >= 0.6 is 0 Å². The van der Waals surface area contributed by atoms with E-state index in [0.717, 1.165) is 0 Å². The summed E-state index contributed by atoms with van der Waals surface area (Å²) in [6.45, 7) is 5.17. The molecule has 17 heavy (non-hydrogen) atoms. The second kappa shape index (κ2) is 6.10. The Labute approximate surface area is 101 Å². The smallest absolute Gasteiger partial charge is 0.248 e. The van der Waals surface area contributed by atoms with Crippen molar-refractivity contribution in [1.82, 2.24) is 0 Å². The summed E-state index contributed by atoms with van der Waals surface area (Å²) < 4.78 is 5.29. The van der Waals surface area contributed by atoms with Gasteiger partial charge in [-0.25, -0.2) is 0 Å². The van der Waals surface area contributed by atoms with E-state index in [0.29, 0.717) is 30.2 Å². The minimum Gasteiger partial charge on any atom is -0.397 e. The second-order valence-electron chi connectivity index (χ2n) is 3.87. The Balaban J connectivity index is 2.75. The maximum atomic E-state index is 11.1. The van der Waals surface area contributed by atoms with Crippen molar-refractivity contribution in [2.75, 3.05) is 24.3 Å². The third-order valence-electron chi connectivity index (χ3n) is 2.31. The maximum absolute atomic E-state index is 11.1. The summed E-state index contributed by atoms with van der Waals surface area (Å²) in [5.41, 5.74) is 12.7. The minimum atomic E-state index is -0.467. The van der Waals surface area contributed by atoms with Gasteiger partial charge in [0.15, 0.2) is 0 Å². The van der Waals surface area contributed by atoms with Crippen LogP contribution in [0.5, 0.6) is 0 Å². The zero-order chi connectivity index (χ0) is 12.8. The molecule has 0 saturated carbocycles. The predicted octanol–water partition coefficient (Wildman–Crippen LogP) is 1.20. The first-order chi connectivity index (χ1) is 8.04. The first-order valence-corrected chi connectivity index (χ1v) is 5.58. The molecule has 0 heterocycles. The topological polar surface area (TPSA) is 90.4 Å². The van der Waals surface area contributed by atoms with Crippen molar-refractivity contribution in [3.05, 3.63) is 23.8 Å². The van der Waals surface area contributed by atoms with Crippen LogP contribution in [0, 0.1) is 0 Å². The first-order valence-electron chi connectivity index (χ1n) is 5.58. The van der Waals surface area contributed by atoms with Crippen LogP contribution in [0.25, 0.3) is 0 Å². The molecule has 1 unspecified atom stereocenters. The number of amides is 1. The van der Waals surface area contributed by atoms with Gasteiger partial charge in [-0.1, -0.05) is 0 Å². The number of nitrogens with one attached hydrogen (secondary N) is 1. The van der Waals surface area contributed by atoms with Gasteiger partial charge in [-0.2, -0.15) is 0 Å².